The van der Waals surface area contributed by atoms with E-state index in [1.165, 1.54) is 0 Å². The molecule has 2 aromatic rings. The van der Waals surface area contributed by atoms with Gasteiger partial charge < -0.3 is 10.5 Å². The van der Waals surface area contributed by atoms with Gasteiger partial charge in [0.15, 0.2) is 5.69 Å². The fourth-order valence-corrected chi connectivity index (χ4v) is 1.93. The first kappa shape index (κ1) is 14.1. The molecule has 0 atom stereocenters. The molecule has 0 amide bonds. The lowest BCUT2D eigenvalue weighted by atomic mass is 10.2. The first-order chi connectivity index (χ1) is 9.65. The molecule has 0 radical (unpaired) electrons. The van der Waals surface area contributed by atoms with E-state index in [9.17, 15) is 4.79 Å². The lowest BCUT2D eigenvalue weighted by Crippen LogP contribution is -2.17. The minimum Gasteiger partial charge on any atom is -0.458 e. The predicted octanol–water partition coefficient (Wildman–Crippen LogP) is 2.80. The molecule has 1 aromatic carbocycles. The number of benzene rings is 1. The average molecular weight is 273 g/mol. The molecule has 5 heteroatoms. The monoisotopic (exact) mass is 273 g/mol. The molecule has 5 nitrogen and oxygen atoms in total. The van der Waals surface area contributed by atoms with Crippen LogP contribution in [0.15, 0.2) is 36.5 Å². The van der Waals surface area contributed by atoms with Gasteiger partial charge in [-0.3, -0.25) is 0 Å². The van der Waals surface area contributed by atoms with E-state index in [-0.39, 0.29) is 6.10 Å². The van der Waals surface area contributed by atoms with E-state index in [0.717, 1.165) is 18.5 Å². The fraction of sp³-hybridized carbons (Fsp3) is 0.333. The molecule has 0 aliphatic rings. The molecule has 2 rings (SSSR count). The maximum absolute atomic E-state index is 12.0. The van der Waals surface area contributed by atoms with Crippen LogP contribution in [-0.4, -0.2) is 21.9 Å². The Balaban J connectivity index is 2.17. The van der Waals surface area contributed by atoms with Crippen molar-refractivity contribution in [3.05, 3.63) is 42.2 Å². The Kier molecular flexibility index (Phi) is 4.40. The number of hydrogen-bond acceptors (Lipinski definition) is 4. The van der Waals surface area contributed by atoms with E-state index < -0.39 is 5.97 Å². The van der Waals surface area contributed by atoms with Crippen molar-refractivity contribution in [2.24, 2.45) is 0 Å². The number of anilines is 1. The Labute approximate surface area is 118 Å². The number of nitrogen functional groups attached to an aromatic ring is 1. The Bertz CT molecular complexity index is 588. The second kappa shape index (κ2) is 6.23. The summed E-state index contributed by atoms with van der Waals surface area (Å²) in [4.78, 5) is 12.0. The van der Waals surface area contributed by atoms with Crippen LogP contribution in [0.2, 0.25) is 0 Å². The molecule has 0 fully saturated rings. The molecular formula is C15H19N3O2. The van der Waals surface area contributed by atoms with Gasteiger partial charge in [0.05, 0.1) is 11.4 Å². The topological polar surface area (TPSA) is 70.1 Å². The van der Waals surface area contributed by atoms with E-state index in [1.54, 1.807) is 23.0 Å². The van der Waals surface area contributed by atoms with Gasteiger partial charge in [0, 0.05) is 6.20 Å². The summed E-state index contributed by atoms with van der Waals surface area (Å²) in [6.45, 7) is 3.98. The highest BCUT2D eigenvalue weighted by atomic mass is 16.5. The molecule has 0 bridgehead atoms. The van der Waals surface area contributed by atoms with Gasteiger partial charge in [-0.1, -0.05) is 26.0 Å². The Morgan fingerprint density at radius 3 is 2.65 bits per heavy atom. The quantitative estimate of drug-likeness (QED) is 0.671. The number of carbonyl (C=O) groups excluding carboxylic acids is 1. The van der Waals surface area contributed by atoms with Crippen molar-refractivity contribution in [1.29, 1.82) is 0 Å². The molecule has 0 saturated carbocycles. The number of para-hydroxylation sites is 2. The summed E-state index contributed by atoms with van der Waals surface area (Å²) in [5.41, 5.74) is 7.53. The molecule has 2 N–H and O–H groups in total. The Morgan fingerprint density at radius 2 is 2.00 bits per heavy atom. The summed E-state index contributed by atoms with van der Waals surface area (Å²) in [5, 5.41) is 4.23. The molecule has 0 aliphatic heterocycles. The van der Waals surface area contributed by atoms with Crippen LogP contribution in [0.4, 0.5) is 5.69 Å². The first-order valence-electron chi connectivity index (χ1n) is 6.77. The lowest BCUT2D eigenvalue weighted by molar-refractivity contribution is 0.0277. The number of hydrogen-bond donors (Lipinski definition) is 1. The van der Waals surface area contributed by atoms with Gasteiger partial charge >= 0.3 is 5.97 Å². The molecule has 0 aliphatic carbocycles. The van der Waals surface area contributed by atoms with Crippen LogP contribution in [-0.2, 0) is 4.74 Å². The van der Waals surface area contributed by atoms with Crippen LogP contribution >= 0.6 is 0 Å². The summed E-state index contributed by atoms with van der Waals surface area (Å²) in [7, 11) is 0. The van der Waals surface area contributed by atoms with Crippen molar-refractivity contribution in [2.75, 3.05) is 5.73 Å². The van der Waals surface area contributed by atoms with Gasteiger partial charge in [-0.2, -0.15) is 5.10 Å². The third kappa shape index (κ3) is 2.99. The summed E-state index contributed by atoms with van der Waals surface area (Å²) >= 11 is 0. The molecule has 20 heavy (non-hydrogen) atoms. The van der Waals surface area contributed by atoms with Crippen molar-refractivity contribution in [1.82, 2.24) is 9.78 Å². The van der Waals surface area contributed by atoms with E-state index >= 15 is 0 Å². The molecule has 0 spiro atoms. The Hall–Kier alpha value is -2.30. The van der Waals surface area contributed by atoms with Crippen LogP contribution in [0.5, 0.6) is 0 Å². The number of carbonyl (C=O) groups is 1. The van der Waals surface area contributed by atoms with Gasteiger partial charge in [-0.05, 0) is 31.0 Å². The minimum atomic E-state index is -0.396. The molecular weight excluding hydrogens is 254 g/mol. The highest BCUT2D eigenvalue weighted by Crippen LogP contribution is 2.16. The van der Waals surface area contributed by atoms with Crippen LogP contribution in [0, 0.1) is 0 Å². The number of nitrogens with zero attached hydrogens (tertiary/aromatic N) is 2. The van der Waals surface area contributed by atoms with Crippen LogP contribution < -0.4 is 5.73 Å². The van der Waals surface area contributed by atoms with Crippen LogP contribution in [0.25, 0.3) is 5.69 Å². The van der Waals surface area contributed by atoms with E-state index in [2.05, 4.69) is 5.10 Å². The van der Waals surface area contributed by atoms with Crippen LogP contribution in [0.3, 0.4) is 0 Å². The largest absolute Gasteiger partial charge is 0.458 e. The zero-order chi connectivity index (χ0) is 14.5. The van der Waals surface area contributed by atoms with E-state index in [0.29, 0.717) is 11.4 Å². The Morgan fingerprint density at radius 1 is 1.30 bits per heavy atom. The summed E-state index contributed by atoms with van der Waals surface area (Å²) in [6, 6.07) is 8.99. The summed E-state index contributed by atoms with van der Waals surface area (Å²) in [6.07, 6.45) is 3.24. The highest BCUT2D eigenvalue weighted by molar-refractivity contribution is 5.87. The van der Waals surface area contributed by atoms with Gasteiger partial charge in [-0.25, -0.2) is 9.48 Å². The summed E-state index contributed by atoms with van der Waals surface area (Å²) in [5.74, 6) is -0.396. The number of rotatable bonds is 5. The number of aromatic nitrogens is 2. The smallest absolute Gasteiger partial charge is 0.359 e. The highest BCUT2D eigenvalue weighted by Gasteiger charge is 2.16. The second-order valence-electron chi connectivity index (χ2n) is 4.55. The maximum Gasteiger partial charge on any atom is 0.359 e. The zero-order valence-electron chi connectivity index (χ0n) is 11.7. The van der Waals surface area contributed by atoms with Crippen molar-refractivity contribution in [2.45, 2.75) is 32.8 Å². The first-order valence-corrected chi connectivity index (χ1v) is 6.77. The second-order valence-corrected chi connectivity index (χ2v) is 4.55. The molecule has 0 saturated heterocycles. The lowest BCUT2D eigenvalue weighted by Gasteiger charge is -2.12. The van der Waals surface area contributed by atoms with Gasteiger partial charge in [0.25, 0.3) is 0 Å². The fourth-order valence-electron chi connectivity index (χ4n) is 1.93. The average Bonchev–Trinajstić information content (AvgIpc) is 2.94. The zero-order valence-corrected chi connectivity index (χ0v) is 11.7. The molecule has 1 heterocycles. The van der Waals surface area contributed by atoms with Crippen LogP contribution in [0.1, 0.15) is 37.2 Å². The number of nitrogens with two attached hydrogens (primary N) is 1. The van der Waals surface area contributed by atoms with Gasteiger partial charge in [0.1, 0.15) is 6.10 Å². The van der Waals surface area contributed by atoms with Crippen molar-refractivity contribution >= 4 is 11.7 Å². The SMILES string of the molecule is CCC(CC)OC(=O)c1ccn(-c2ccccc2N)n1. The predicted molar refractivity (Wildman–Crippen MR) is 77.8 cm³/mol. The third-order valence-electron chi connectivity index (χ3n) is 3.17. The standard InChI is InChI=1S/C15H19N3O2/c1-3-11(4-2)20-15(19)13-9-10-18(17-13)14-8-6-5-7-12(14)16/h5-11H,3-4,16H2,1-2H3. The van der Waals surface area contributed by atoms with Crippen molar-refractivity contribution < 1.29 is 9.53 Å². The summed E-state index contributed by atoms with van der Waals surface area (Å²) < 4.78 is 6.95. The van der Waals surface area contributed by atoms with Crippen molar-refractivity contribution in [3.63, 3.8) is 0 Å². The van der Waals surface area contributed by atoms with E-state index in [1.807, 2.05) is 32.0 Å². The number of ether oxygens (including phenoxy) is 1. The van der Waals surface area contributed by atoms with Gasteiger partial charge in [0.2, 0.25) is 0 Å². The normalized spacial score (nSPS) is 10.8. The number of esters is 1. The molecule has 106 valence electrons. The van der Waals surface area contributed by atoms with E-state index in [4.69, 9.17) is 10.5 Å². The van der Waals surface area contributed by atoms with Gasteiger partial charge in [-0.15, -0.1) is 0 Å². The molecule has 0 unspecified atom stereocenters. The minimum absolute atomic E-state index is 0.0607. The third-order valence-corrected chi connectivity index (χ3v) is 3.17. The molecule has 1 aromatic heterocycles. The van der Waals surface area contributed by atoms with Crippen molar-refractivity contribution in [3.8, 4) is 5.69 Å². The maximum atomic E-state index is 12.0.